The van der Waals surface area contributed by atoms with Gasteiger partial charge in [-0.3, -0.25) is 5.10 Å². The molecule has 0 spiro atoms. The molecular formula is C15H15N3. The number of anilines is 1. The second kappa shape index (κ2) is 4.53. The number of hydrogen-bond acceptors (Lipinski definition) is 2. The minimum atomic E-state index is 0.840. The Morgan fingerprint density at radius 3 is 2.94 bits per heavy atom. The summed E-state index contributed by atoms with van der Waals surface area (Å²) in [6, 6.07) is 14.7. The third kappa shape index (κ3) is 2.07. The van der Waals surface area contributed by atoms with Crippen LogP contribution >= 0.6 is 0 Å². The summed E-state index contributed by atoms with van der Waals surface area (Å²) in [5.41, 5.74) is 4.80. The molecule has 0 saturated carbocycles. The summed E-state index contributed by atoms with van der Waals surface area (Å²) in [4.78, 5) is 0. The molecule has 90 valence electrons. The number of nitrogens with one attached hydrogen (secondary N) is 2. The van der Waals surface area contributed by atoms with Crippen LogP contribution in [0.3, 0.4) is 0 Å². The SMILES string of the molecule is Cc1ccccc1CNc1ccc2cn[nH]c2c1. The Bertz CT molecular complexity index is 670. The van der Waals surface area contributed by atoms with Crippen LogP contribution in [-0.4, -0.2) is 10.2 Å². The van der Waals surface area contributed by atoms with Gasteiger partial charge in [0.05, 0.1) is 11.7 Å². The van der Waals surface area contributed by atoms with Gasteiger partial charge in [0.15, 0.2) is 0 Å². The highest BCUT2D eigenvalue weighted by Crippen LogP contribution is 2.17. The fourth-order valence-corrected chi connectivity index (χ4v) is 2.05. The van der Waals surface area contributed by atoms with Crippen molar-refractivity contribution < 1.29 is 0 Å². The van der Waals surface area contributed by atoms with Crippen LogP contribution in [0.15, 0.2) is 48.7 Å². The molecule has 0 amide bonds. The van der Waals surface area contributed by atoms with Crippen LogP contribution in [0.4, 0.5) is 5.69 Å². The minimum Gasteiger partial charge on any atom is -0.381 e. The highest BCUT2D eigenvalue weighted by Gasteiger charge is 1.99. The van der Waals surface area contributed by atoms with Gasteiger partial charge in [-0.25, -0.2) is 0 Å². The van der Waals surface area contributed by atoms with E-state index in [0.29, 0.717) is 0 Å². The Balaban J connectivity index is 1.78. The van der Waals surface area contributed by atoms with Crippen molar-refractivity contribution in [2.24, 2.45) is 0 Å². The monoisotopic (exact) mass is 237 g/mol. The molecule has 3 rings (SSSR count). The third-order valence-corrected chi connectivity index (χ3v) is 3.19. The van der Waals surface area contributed by atoms with Crippen molar-refractivity contribution >= 4 is 16.6 Å². The minimum absolute atomic E-state index is 0.840. The number of aromatic amines is 1. The predicted molar refractivity (Wildman–Crippen MR) is 74.6 cm³/mol. The van der Waals surface area contributed by atoms with Crippen LogP contribution in [0.5, 0.6) is 0 Å². The summed E-state index contributed by atoms with van der Waals surface area (Å²) >= 11 is 0. The average molecular weight is 237 g/mol. The molecule has 0 saturated heterocycles. The lowest BCUT2D eigenvalue weighted by atomic mass is 10.1. The Labute approximate surface area is 106 Å². The van der Waals surface area contributed by atoms with Gasteiger partial charge >= 0.3 is 0 Å². The standard InChI is InChI=1S/C15H15N3/c1-11-4-2-3-5-12(11)9-16-14-7-6-13-10-17-18-15(13)8-14/h2-8,10,16H,9H2,1H3,(H,17,18). The van der Waals surface area contributed by atoms with E-state index in [1.54, 1.807) is 0 Å². The zero-order valence-corrected chi connectivity index (χ0v) is 10.3. The first-order valence-electron chi connectivity index (χ1n) is 6.04. The van der Waals surface area contributed by atoms with E-state index in [4.69, 9.17) is 0 Å². The van der Waals surface area contributed by atoms with Gasteiger partial charge < -0.3 is 5.32 Å². The second-order valence-electron chi connectivity index (χ2n) is 4.45. The van der Waals surface area contributed by atoms with Gasteiger partial charge in [0.1, 0.15) is 0 Å². The number of aromatic nitrogens is 2. The normalized spacial score (nSPS) is 10.7. The summed E-state index contributed by atoms with van der Waals surface area (Å²) in [5.74, 6) is 0. The lowest BCUT2D eigenvalue weighted by Gasteiger charge is -2.08. The fraction of sp³-hybridized carbons (Fsp3) is 0.133. The van der Waals surface area contributed by atoms with E-state index in [9.17, 15) is 0 Å². The summed E-state index contributed by atoms with van der Waals surface area (Å²) in [5, 5.41) is 11.6. The molecule has 1 aromatic heterocycles. The Kier molecular flexibility index (Phi) is 2.73. The first-order valence-corrected chi connectivity index (χ1v) is 6.04. The van der Waals surface area contributed by atoms with E-state index < -0.39 is 0 Å². The molecule has 3 nitrogen and oxygen atoms in total. The van der Waals surface area contributed by atoms with Crippen LogP contribution in [0.1, 0.15) is 11.1 Å². The second-order valence-corrected chi connectivity index (χ2v) is 4.45. The maximum atomic E-state index is 4.02. The first kappa shape index (κ1) is 10.8. The van der Waals surface area contributed by atoms with Gasteiger partial charge in [-0.05, 0) is 36.2 Å². The topological polar surface area (TPSA) is 40.7 Å². The summed E-state index contributed by atoms with van der Waals surface area (Å²) in [7, 11) is 0. The maximum absolute atomic E-state index is 4.02. The van der Waals surface area contributed by atoms with Crippen LogP contribution in [0.2, 0.25) is 0 Å². The third-order valence-electron chi connectivity index (χ3n) is 3.19. The maximum Gasteiger partial charge on any atom is 0.0670 e. The van der Waals surface area contributed by atoms with E-state index in [-0.39, 0.29) is 0 Å². The highest BCUT2D eigenvalue weighted by molar-refractivity contribution is 5.81. The number of nitrogens with zero attached hydrogens (tertiary/aromatic N) is 1. The highest BCUT2D eigenvalue weighted by atomic mass is 15.1. The molecule has 2 aromatic carbocycles. The molecule has 1 heterocycles. The number of hydrogen-bond donors (Lipinski definition) is 2. The number of benzene rings is 2. The van der Waals surface area contributed by atoms with E-state index in [0.717, 1.165) is 23.1 Å². The van der Waals surface area contributed by atoms with Crippen molar-refractivity contribution in [3.8, 4) is 0 Å². The zero-order chi connectivity index (χ0) is 12.4. The molecule has 0 fully saturated rings. The molecule has 2 N–H and O–H groups in total. The van der Waals surface area contributed by atoms with Crippen molar-refractivity contribution in [3.63, 3.8) is 0 Å². The molecule has 3 aromatic rings. The zero-order valence-electron chi connectivity index (χ0n) is 10.3. The Morgan fingerprint density at radius 2 is 2.06 bits per heavy atom. The van der Waals surface area contributed by atoms with E-state index >= 15 is 0 Å². The van der Waals surface area contributed by atoms with Gasteiger partial charge in [-0.2, -0.15) is 5.10 Å². The Morgan fingerprint density at radius 1 is 1.17 bits per heavy atom. The fourth-order valence-electron chi connectivity index (χ4n) is 2.05. The molecule has 0 radical (unpaired) electrons. The number of aryl methyl sites for hydroxylation is 1. The molecule has 0 unspecified atom stereocenters. The van der Waals surface area contributed by atoms with Crippen LogP contribution in [0.25, 0.3) is 10.9 Å². The molecule has 0 bridgehead atoms. The van der Waals surface area contributed by atoms with Gasteiger partial charge in [-0.1, -0.05) is 24.3 Å². The lowest BCUT2D eigenvalue weighted by molar-refractivity contribution is 1.11. The summed E-state index contributed by atoms with van der Waals surface area (Å²) in [6.07, 6.45) is 1.83. The van der Waals surface area contributed by atoms with Gasteiger partial charge in [0.25, 0.3) is 0 Å². The first-order chi connectivity index (χ1) is 8.83. The molecule has 0 aliphatic carbocycles. The van der Waals surface area contributed by atoms with Gasteiger partial charge in [0.2, 0.25) is 0 Å². The van der Waals surface area contributed by atoms with E-state index in [1.165, 1.54) is 11.1 Å². The van der Waals surface area contributed by atoms with Crippen molar-refractivity contribution in [1.29, 1.82) is 0 Å². The predicted octanol–water partition coefficient (Wildman–Crippen LogP) is 3.48. The average Bonchev–Trinajstić information content (AvgIpc) is 2.85. The van der Waals surface area contributed by atoms with E-state index in [1.807, 2.05) is 6.20 Å². The van der Waals surface area contributed by atoms with Crippen molar-refractivity contribution in [3.05, 3.63) is 59.8 Å². The van der Waals surface area contributed by atoms with E-state index in [2.05, 4.69) is 64.9 Å². The van der Waals surface area contributed by atoms with Crippen molar-refractivity contribution in [2.45, 2.75) is 13.5 Å². The quantitative estimate of drug-likeness (QED) is 0.732. The lowest BCUT2D eigenvalue weighted by Crippen LogP contribution is -2.00. The molecule has 0 aliphatic rings. The van der Waals surface area contributed by atoms with Gasteiger partial charge in [-0.15, -0.1) is 0 Å². The number of rotatable bonds is 3. The van der Waals surface area contributed by atoms with Crippen molar-refractivity contribution in [1.82, 2.24) is 10.2 Å². The molecule has 0 aliphatic heterocycles. The van der Waals surface area contributed by atoms with Crippen LogP contribution in [-0.2, 0) is 6.54 Å². The van der Waals surface area contributed by atoms with Gasteiger partial charge in [0, 0.05) is 17.6 Å². The summed E-state index contributed by atoms with van der Waals surface area (Å²) < 4.78 is 0. The molecule has 3 heteroatoms. The Hall–Kier alpha value is -2.29. The number of H-pyrrole nitrogens is 1. The molecular weight excluding hydrogens is 222 g/mol. The van der Waals surface area contributed by atoms with Crippen molar-refractivity contribution in [2.75, 3.05) is 5.32 Å². The van der Waals surface area contributed by atoms with Crippen LogP contribution < -0.4 is 5.32 Å². The van der Waals surface area contributed by atoms with Crippen LogP contribution in [0, 0.1) is 6.92 Å². The molecule has 18 heavy (non-hydrogen) atoms. The summed E-state index contributed by atoms with van der Waals surface area (Å²) in [6.45, 7) is 2.97. The molecule has 0 atom stereocenters. The smallest absolute Gasteiger partial charge is 0.0670 e. The largest absolute Gasteiger partial charge is 0.381 e. The number of fused-ring (bicyclic) bond motifs is 1.